The minimum atomic E-state index is 0.904. The molecule has 0 fully saturated rings. The molecule has 4 nitrogen and oxygen atoms in total. The summed E-state index contributed by atoms with van der Waals surface area (Å²) in [5.74, 6) is 0.904. The molecule has 0 bridgehead atoms. The van der Waals surface area contributed by atoms with Crippen molar-refractivity contribution in [2.24, 2.45) is 0 Å². The fraction of sp³-hybridized carbons (Fsp3) is 0.500. The monoisotopic (exact) mass is 136 g/mol. The van der Waals surface area contributed by atoms with Gasteiger partial charge in [0.05, 0.1) is 0 Å². The van der Waals surface area contributed by atoms with Crippen molar-refractivity contribution >= 4 is 5.82 Å². The van der Waals surface area contributed by atoms with Crippen molar-refractivity contribution in [3.63, 3.8) is 0 Å². The van der Waals surface area contributed by atoms with Gasteiger partial charge >= 0.3 is 0 Å². The molecule has 4 heteroatoms. The number of nitrogens with one attached hydrogen (secondary N) is 1. The van der Waals surface area contributed by atoms with Crippen LogP contribution < -0.4 is 5.32 Å². The molecule has 0 atom stereocenters. The number of aromatic nitrogens is 3. The minimum Gasteiger partial charge on any atom is -0.368 e. The summed E-state index contributed by atoms with van der Waals surface area (Å²) in [5, 5.41) is 10.8. The van der Waals surface area contributed by atoms with Crippen molar-refractivity contribution in [3.8, 4) is 0 Å². The molecular formula is C6H8N4. The maximum absolute atomic E-state index is 4.03. The zero-order chi connectivity index (χ0) is 6.81. The summed E-state index contributed by atoms with van der Waals surface area (Å²) >= 11 is 0. The van der Waals surface area contributed by atoms with Gasteiger partial charge in [-0.05, 0) is 12.8 Å². The third kappa shape index (κ3) is 0.814. The Balaban J connectivity index is 2.41. The number of nitrogens with zero attached hydrogens (tertiary/aromatic N) is 3. The summed E-state index contributed by atoms with van der Waals surface area (Å²) in [6, 6.07) is 0. The highest BCUT2D eigenvalue weighted by Gasteiger charge is 2.09. The van der Waals surface area contributed by atoms with Crippen molar-refractivity contribution in [1.82, 2.24) is 15.2 Å². The standard InChI is InChI=1S/C6H8N4/c1-2-5-6(7-3-1)8-4-9-10-5/h4H,1-3H2,(H,7,8,9). The second-order valence-corrected chi connectivity index (χ2v) is 2.29. The van der Waals surface area contributed by atoms with Crippen LogP contribution in [0.15, 0.2) is 6.33 Å². The van der Waals surface area contributed by atoms with Gasteiger partial charge in [0.1, 0.15) is 12.0 Å². The molecule has 1 aromatic rings. The van der Waals surface area contributed by atoms with Gasteiger partial charge in [0.25, 0.3) is 0 Å². The molecule has 0 unspecified atom stereocenters. The Morgan fingerprint density at radius 3 is 3.40 bits per heavy atom. The molecule has 1 aliphatic heterocycles. The van der Waals surface area contributed by atoms with E-state index in [0.717, 1.165) is 30.9 Å². The van der Waals surface area contributed by atoms with Gasteiger partial charge in [-0.1, -0.05) is 0 Å². The van der Waals surface area contributed by atoms with Crippen LogP contribution in [0.3, 0.4) is 0 Å². The van der Waals surface area contributed by atoms with E-state index >= 15 is 0 Å². The summed E-state index contributed by atoms with van der Waals surface area (Å²) in [5.41, 5.74) is 0.994. The van der Waals surface area contributed by atoms with E-state index in [-0.39, 0.29) is 0 Å². The number of aryl methyl sites for hydroxylation is 1. The zero-order valence-electron chi connectivity index (χ0n) is 5.54. The van der Waals surface area contributed by atoms with E-state index in [2.05, 4.69) is 20.5 Å². The van der Waals surface area contributed by atoms with Crippen LogP contribution in [0.25, 0.3) is 0 Å². The zero-order valence-corrected chi connectivity index (χ0v) is 5.54. The maximum Gasteiger partial charge on any atom is 0.151 e. The fourth-order valence-electron chi connectivity index (χ4n) is 1.08. The highest BCUT2D eigenvalue weighted by Crippen LogP contribution is 2.13. The number of hydrogen-bond donors (Lipinski definition) is 1. The predicted molar refractivity (Wildman–Crippen MR) is 36.6 cm³/mol. The minimum absolute atomic E-state index is 0.904. The van der Waals surface area contributed by atoms with E-state index in [1.807, 2.05) is 0 Å². The van der Waals surface area contributed by atoms with E-state index in [1.54, 1.807) is 0 Å². The Bertz CT molecular complexity index is 210. The average Bonchev–Trinajstić information content (AvgIpc) is 2.05. The molecule has 0 radical (unpaired) electrons. The predicted octanol–water partition coefficient (Wildman–Crippen LogP) is 0.230. The molecule has 2 heterocycles. The first-order chi connectivity index (χ1) is 4.97. The van der Waals surface area contributed by atoms with Crippen LogP contribution in [0.5, 0.6) is 0 Å². The Morgan fingerprint density at radius 2 is 2.50 bits per heavy atom. The first-order valence-corrected chi connectivity index (χ1v) is 3.37. The molecule has 0 saturated heterocycles. The van der Waals surface area contributed by atoms with Crippen LogP contribution in [0.1, 0.15) is 12.1 Å². The topological polar surface area (TPSA) is 50.7 Å². The lowest BCUT2D eigenvalue weighted by molar-refractivity contribution is 0.754. The van der Waals surface area contributed by atoms with Gasteiger partial charge in [-0.3, -0.25) is 0 Å². The molecule has 1 aliphatic rings. The van der Waals surface area contributed by atoms with Gasteiger partial charge in [0.15, 0.2) is 5.82 Å². The third-order valence-electron chi connectivity index (χ3n) is 1.57. The fourth-order valence-corrected chi connectivity index (χ4v) is 1.08. The largest absolute Gasteiger partial charge is 0.368 e. The van der Waals surface area contributed by atoms with E-state index in [1.165, 1.54) is 6.33 Å². The van der Waals surface area contributed by atoms with Crippen LogP contribution in [0.4, 0.5) is 5.82 Å². The van der Waals surface area contributed by atoms with Crippen molar-refractivity contribution in [1.29, 1.82) is 0 Å². The molecular weight excluding hydrogens is 128 g/mol. The van der Waals surface area contributed by atoms with E-state index in [0.29, 0.717) is 0 Å². The van der Waals surface area contributed by atoms with Gasteiger partial charge in [-0.25, -0.2) is 4.98 Å². The van der Waals surface area contributed by atoms with Crippen LogP contribution in [-0.4, -0.2) is 21.7 Å². The summed E-state index contributed by atoms with van der Waals surface area (Å²) < 4.78 is 0. The summed E-state index contributed by atoms with van der Waals surface area (Å²) in [4.78, 5) is 4.03. The molecule has 1 aromatic heterocycles. The van der Waals surface area contributed by atoms with Crippen molar-refractivity contribution in [2.45, 2.75) is 12.8 Å². The van der Waals surface area contributed by atoms with Crippen LogP contribution in [0.2, 0.25) is 0 Å². The van der Waals surface area contributed by atoms with Crippen LogP contribution in [-0.2, 0) is 6.42 Å². The van der Waals surface area contributed by atoms with Gasteiger partial charge in [-0.15, -0.1) is 5.10 Å². The SMILES string of the molecule is c1nnc2c(n1)NCCC2. The normalized spacial score (nSPS) is 15.6. The first kappa shape index (κ1) is 5.58. The molecule has 10 heavy (non-hydrogen) atoms. The van der Waals surface area contributed by atoms with E-state index < -0.39 is 0 Å². The molecule has 0 amide bonds. The molecule has 0 aromatic carbocycles. The number of rotatable bonds is 0. The van der Waals surface area contributed by atoms with Crippen LogP contribution in [0, 0.1) is 0 Å². The Labute approximate surface area is 58.7 Å². The van der Waals surface area contributed by atoms with E-state index in [9.17, 15) is 0 Å². The number of anilines is 1. The van der Waals surface area contributed by atoms with Crippen molar-refractivity contribution in [2.75, 3.05) is 11.9 Å². The smallest absolute Gasteiger partial charge is 0.151 e. The van der Waals surface area contributed by atoms with Gasteiger partial charge in [-0.2, -0.15) is 5.10 Å². The second kappa shape index (κ2) is 2.21. The number of fused-ring (bicyclic) bond motifs is 1. The Morgan fingerprint density at radius 1 is 1.50 bits per heavy atom. The first-order valence-electron chi connectivity index (χ1n) is 3.37. The molecule has 2 rings (SSSR count). The molecule has 0 aliphatic carbocycles. The quantitative estimate of drug-likeness (QED) is 0.554. The summed E-state index contributed by atoms with van der Waals surface area (Å²) in [6.07, 6.45) is 3.60. The molecule has 1 N–H and O–H groups in total. The highest BCUT2D eigenvalue weighted by atomic mass is 15.2. The Hall–Kier alpha value is -1.19. The highest BCUT2D eigenvalue weighted by molar-refractivity contribution is 5.40. The van der Waals surface area contributed by atoms with Crippen LogP contribution >= 0.6 is 0 Å². The average molecular weight is 136 g/mol. The Kier molecular flexibility index (Phi) is 1.23. The number of hydrogen-bond acceptors (Lipinski definition) is 4. The second-order valence-electron chi connectivity index (χ2n) is 2.29. The molecule has 0 spiro atoms. The molecule has 0 saturated carbocycles. The van der Waals surface area contributed by atoms with Gasteiger partial charge < -0.3 is 5.32 Å². The van der Waals surface area contributed by atoms with Gasteiger partial charge in [0, 0.05) is 6.54 Å². The lowest BCUT2D eigenvalue weighted by Gasteiger charge is -2.13. The van der Waals surface area contributed by atoms with Crippen molar-refractivity contribution in [3.05, 3.63) is 12.0 Å². The summed E-state index contributed by atoms with van der Waals surface area (Å²) in [7, 11) is 0. The van der Waals surface area contributed by atoms with Crippen molar-refractivity contribution < 1.29 is 0 Å². The maximum atomic E-state index is 4.03. The third-order valence-corrected chi connectivity index (χ3v) is 1.57. The lowest BCUT2D eigenvalue weighted by Crippen LogP contribution is -2.14. The van der Waals surface area contributed by atoms with E-state index in [4.69, 9.17) is 0 Å². The lowest BCUT2D eigenvalue weighted by atomic mass is 10.2. The molecule has 52 valence electrons. The van der Waals surface area contributed by atoms with Gasteiger partial charge in [0.2, 0.25) is 0 Å². The summed E-state index contributed by atoms with van der Waals surface area (Å²) in [6.45, 7) is 1.01.